The number of aliphatic hydroxyl groups excluding tert-OH is 1. The molecule has 0 aliphatic carbocycles. The van der Waals surface area contributed by atoms with E-state index in [2.05, 4.69) is 33.9 Å². The highest BCUT2D eigenvalue weighted by Gasteiger charge is 2.21. The van der Waals surface area contributed by atoms with Gasteiger partial charge in [-0.3, -0.25) is 14.3 Å². The van der Waals surface area contributed by atoms with Gasteiger partial charge in [0.2, 0.25) is 5.75 Å². The lowest BCUT2D eigenvalue weighted by Gasteiger charge is -2.26. The number of carboxylic acid groups (broad SMARTS) is 1. The standard InChI is InChI=1S/C27H27N3O6/c1-18-28-24(27(34)35)25(32)26(33)30(18)17-23(31)22-10-8-20(9-11-22)3-2-19-4-6-21(7-5-19)16-29-12-14-36-15-13-29/h4-11,23,31-32H,12-17H2,1H3,(H,34,35). The van der Waals surface area contributed by atoms with Gasteiger partial charge in [-0.1, -0.05) is 36.1 Å². The normalized spacial score (nSPS) is 14.6. The van der Waals surface area contributed by atoms with Gasteiger partial charge in [0, 0.05) is 30.8 Å². The molecule has 1 fully saturated rings. The molecule has 186 valence electrons. The second kappa shape index (κ2) is 11.2. The monoisotopic (exact) mass is 489 g/mol. The lowest BCUT2D eigenvalue weighted by Crippen LogP contribution is -2.35. The van der Waals surface area contributed by atoms with E-state index in [1.165, 1.54) is 12.5 Å². The summed E-state index contributed by atoms with van der Waals surface area (Å²) in [6, 6.07) is 15.1. The molecule has 1 atom stereocenters. The summed E-state index contributed by atoms with van der Waals surface area (Å²) in [6.07, 6.45) is -1.07. The molecule has 0 radical (unpaired) electrons. The van der Waals surface area contributed by atoms with Gasteiger partial charge in [0.1, 0.15) is 5.82 Å². The van der Waals surface area contributed by atoms with Gasteiger partial charge in [0.05, 0.1) is 25.9 Å². The Balaban J connectivity index is 1.40. The maximum Gasteiger partial charge on any atom is 0.358 e. The molecule has 2 aromatic carbocycles. The molecule has 3 N–H and O–H groups in total. The van der Waals surface area contributed by atoms with E-state index in [1.54, 1.807) is 24.3 Å². The van der Waals surface area contributed by atoms with Crippen LogP contribution < -0.4 is 5.56 Å². The van der Waals surface area contributed by atoms with Crippen LogP contribution in [0.2, 0.25) is 0 Å². The molecule has 1 saturated heterocycles. The predicted octanol–water partition coefficient (Wildman–Crippen LogP) is 1.92. The highest BCUT2D eigenvalue weighted by molar-refractivity contribution is 5.88. The molecule has 0 amide bonds. The van der Waals surface area contributed by atoms with Gasteiger partial charge >= 0.3 is 5.97 Å². The Hall–Kier alpha value is -3.97. The summed E-state index contributed by atoms with van der Waals surface area (Å²) >= 11 is 0. The van der Waals surface area contributed by atoms with Crippen LogP contribution in [0, 0.1) is 18.8 Å². The SMILES string of the molecule is Cc1nc(C(=O)O)c(O)c(=O)n1CC(O)c1ccc(C#Cc2ccc(CN3CCOCC3)cc2)cc1. The first-order chi connectivity index (χ1) is 17.3. The van der Waals surface area contributed by atoms with Gasteiger partial charge in [-0.05, 0) is 42.3 Å². The van der Waals surface area contributed by atoms with Crippen molar-refractivity contribution in [3.63, 3.8) is 0 Å². The highest BCUT2D eigenvalue weighted by Crippen LogP contribution is 2.18. The smallest absolute Gasteiger partial charge is 0.358 e. The topological polar surface area (TPSA) is 125 Å². The first-order valence-electron chi connectivity index (χ1n) is 11.5. The molecule has 9 nitrogen and oxygen atoms in total. The van der Waals surface area contributed by atoms with Crippen molar-refractivity contribution < 1.29 is 24.9 Å². The Labute approximate surface area is 208 Å². The number of aryl methyl sites for hydroxylation is 1. The van der Waals surface area contributed by atoms with Crippen LogP contribution in [0.1, 0.15) is 44.7 Å². The molecular weight excluding hydrogens is 462 g/mol. The second-order valence-electron chi connectivity index (χ2n) is 8.55. The third-order valence-electron chi connectivity index (χ3n) is 6.00. The number of hydrogen-bond acceptors (Lipinski definition) is 7. The van der Waals surface area contributed by atoms with Gasteiger partial charge in [-0.25, -0.2) is 9.78 Å². The Morgan fingerprint density at radius 3 is 2.22 bits per heavy atom. The molecule has 1 unspecified atom stereocenters. The molecule has 36 heavy (non-hydrogen) atoms. The van der Waals surface area contributed by atoms with Crippen molar-refractivity contribution in [1.82, 2.24) is 14.5 Å². The van der Waals surface area contributed by atoms with Crippen LogP contribution >= 0.6 is 0 Å². The van der Waals surface area contributed by atoms with Crippen LogP contribution in [0.15, 0.2) is 53.3 Å². The molecule has 0 bridgehead atoms. The molecule has 4 rings (SSSR count). The quantitative estimate of drug-likeness (QED) is 0.449. The molecule has 2 heterocycles. The first kappa shape index (κ1) is 25.1. The van der Waals surface area contributed by atoms with Crippen LogP contribution in [-0.2, 0) is 17.8 Å². The number of nitrogens with zero attached hydrogens (tertiary/aromatic N) is 3. The van der Waals surface area contributed by atoms with E-state index < -0.39 is 29.1 Å². The van der Waals surface area contributed by atoms with Crippen molar-refractivity contribution >= 4 is 5.97 Å². The van der Waals surface area contributed by atoms with Crippen LogP contribution in [0.5, 0.6) is 5.75 Å². The number of aromatic nitrogens is 2. The number of ether oxygens (including phenoxy) is 1. The number of carboxylic acids is 1. The molecule has 1 aliphatic rings. The summed E-state index contributed by atoms with van der Waals surface area (Å²) in [7, 11) is 0. The lowest BCUT2D eigenvalue weighted by molar-refractivity contribution is 0.0342. The molecular formula is C27H27N3O6. The lowest BCUT2D eigenvalue weighted by atomic mass is 10.1. The van der Waals surface area contributed by atoms with E-state index in [1.807, 2.05) is 12.1 Å². The molecule has 0 saturated carbocycles. The second-order valence-corrected chi connectivity index (χ2v) is 8.55. The van der Waals surface area contributed by atoms with Gasteiger partial charge < -0.3 is 20.1 Å². The fraction of sp³-hybridized carbons (Fsp3) is 0.296. The van der Waals surface area contributed by atoms with Gasteiger partial charge in [0.15, 0.2) is 5.69 Å². The van der Waals surface area contributed by atoms with Crippen molar-refractivity contribution in [2.45, 2.75) is 26.1 Å². The maximum atomic E-state index is 12.3. The Bertz CT molecular complexity index is 1350. The molecule has 3 aromatic rings. The van der Waals surface area contributed by atoms with Crippen molar-refractivity contribution in [3.05, 3.63) is 92.7 Å². The maximum absolute atomic E-state index is 12.3. The zero-order chi connectivity index (χ0) is 25.7. The Kier molecular flexibility index (Phi) is 7.80. The summed E-state index contributed by atoms with van der Waals surface area (Å²) in [5.41, 5.74) is 1.81. The number of hydrogen-bond donors (Lipinski definition) is 3. The van der Waals surface area contributed by atoms with Crippen LogP contribution in [-0.4, -0.2) is 62.0 Å². The third kappa shape index (κ3) is 5.98. The zero-order valence-electron chi connectivity index (χ0n) is 19.8. The summed E-state index contributed by atoms with van der Waals surface area (Å²) < 4.78 is 6.43. The number of aromatic hydroxyl groups is 1. The largest absolute Gasteiger partial charge is 0.501 e. The molecule has 9 heteroatoms. The van der Waals surface area contributed by atoms with E-state index in [4.69, 9.17) is 9.84 Å². The van der Waals surface area contributed by atoms with E-state index in [9.17, 15) is 19.8 Å². The fourth-order valence-corrected chi connectivity index (χ4v) is 3.94. The summed E-state index contributed by atoms with van der Waals surface area (Å²) in [5.74, 6) is 3.87. The molecule has 1 aromatic heterocycles. The minimum absolute atomic E-state index is 0.0766. The van der Waals surface area contributed by atoms with E-state index >= 15 is 0 Å². The third-order valence-corrected chi connectivity index (χ3v) is 6.00. The zero-order valence-corrected chi connectivity index (χ0v) is 19.8. The average Bonchev–Trinajstić information content (AvgIpc) is 2.89. The number of aromatic carboxylic acids is 1. The number of morpholine rings is 1. The van der Waals surface area contributed by atoms with E-state index in [0.29, 0.717) is 5.56 Å². The minimum Gasteiger partial charge on any atom is -0.501 e. The van der Waals surface area contributed by atoms with Gasteiger partial charge in [-0.15, -0.1) is 0 Å². The summed E-state index contributed by atoms with van der Waals surface area (Å²) in [5, 5.41) is 29.5. The average molecular weight is 490 g/mol. The predicted molar refractivity (Wildman–Crippen MR) is 132 cm³/mol. The van der Waals surface area contributed by atoms with Crippen LogP contribution in [0.25, 0.3) is 0 Å². The highest BCUT2D eigenvalue weighted by atomic mass is 16.5. The molecule has 1 aliphatic heterocycles. The van der Waals surface area contributed by atoms with Crippen LogP contribution in [0.3, 0.4) is 0 Å². The number of aliphatic hydroxyl groups is 1. The number of benzene rings is 2. The van der Waals surface area contributed by atoms with Crippen molar-refractivity contribution in [2.24, 2.45) is 0 Å². The number of carbonyl (C=O) groups is 1. The fourth-order valence-electron chi connectivity index (χ4n) is 3.94. The van der Waals surface area contributed by atoms with Gasteiger partial charge in [0.25, 0.3) is 5.56 Å². The van der Waals surface area contributed by atoms with Crippen LogP contribution in [0.4, 0.5) is 0 Å². The molecule has 0 spiro atoms. The summed E-state index contributed by atoms with van der Waals surface area (Å²) in [6.45, 7) is 5.58. The Morgan fingerprint density at radius 2 is 1.64 bits per heavy atom. The van der Waals surface area contributed by atoms with E-state index in [0.717, 1.165) is 48.5 Å². The Morgan fingerprint density at radius 1 is 1.06 bits per heavy atom. The number of rotatable bonds is 6. The minimum atomic E-state index is -1.50. The van der Waals surface area contributed by atoms with E-state index in [-0.39, 0.29) is 12.4 Å². The van der Waals surface area contributed by atoms with Gasteiger partial charge in [-0.2, -0.15) is 0 Å². The summed E-state index contributed by atoms with van der Waals surface area (Å²) in [4.78, 5) is 29.6. The van der Waals surface area contributed by atoms with Crippen molar-refractivity contribution in [1.29, 1.82) is 0 Å². The van der Waals surface area contributed by atoms with Crippen molar-refractivity contribution in [2.75, 3.05) is 26.3 Å². The first-order valence-corrected chi connectivity index (χ1v) is 11.5. The van der Waals surface area contributed by atoms with Crippen molar-refractivity contribution in [3.8, 4) is 17.6 Å².